The minimum atomic E-state index is -0.175. The van der Waals surface area contributed by atoms with Gasteiger partial charge in [0.2, 0.25) is 5.91 Å². The summed E-state index contributed by atoms with van der Waals surface area (Å²) in [6, 6.07) is 12.7. The quantitative estimate of drug-likeness (QED) is 0.531. The topological polar surface area (TPSA) is 55.1 Å². The zero-order valence-electron chi connectivity index (χ0n) is 12.9. The van der Waals surface area contributed by atoms with Crippen molar-refractivity contribution in [3.05, 3.63) is 69.1 Å². The molecule has 0 atom stereocenters. The molecule has 0 fully saturated rings. The predicted molar refractivity (Wildman–Crippen MR) is 103 cm³/mol. The fourth-order valence-electron chi connectivity index (χ4n) is 2.23. The Kier molecular flexibility index (Phi) is 5.78. The number of hydrogen-bond donors (Lipinski definition) is 1. The molecule has 128 valence electrons. The average Bonchev–Trinajstić information content (AvgIpc) is 3.05. The first-order chi connectivity index (χ1) is 12.0. The third kappa shape index (κ3) is 4.84. The summed E-state index contributed by atoms with van der Waals surface area (Å²) in [4.78, 5) is 16.3. The minimum Gasteiger partial charge on any atom is -0.441 e. The van der Waals surface area contributed by atoms with E-state index >= 15 is 0 Å². The lowest BCUT2D eigenvalue weighted by Gasteiger charge is -2.06. The minimum absolute atomic E-state index is 0.175. The van der Waals surface area contributed by atoms with Crippen LogP contribution in [-0.2, 0) is 11.2 Å². The second-order valence-electron chi connectivity index (χ2n) is 5.30. The Balaban J connectivity index is 1.59. The fourth-order valence-corrected chi connectivity index (χ4v) is 3.08. The number of amides is 1. The van der Waals surface area contributed by atoms with Crippen LogP contribution in [0.4, 0.5) is 5.69 Å². The molecule has 0 aliphatic heterocycles. The van der Waals surface area contributed by atoms with E-state index < -0.39 is 0 Å². The van der Waals surface area contributed by atoms with Crippen molar-refractivity contribution >= 4 is 50.7 Å². The Morgan fingerprint density at radius 1 is 1.20 bits per heavy atom. The van der Waals surface area contributed by atoms with Crippen molar-refractivity contribution in [2.45, 2.75) is 12.8 Å². The Morgan fingerprint density at radius 2 is 2.04 bits per heavy atom. The van der Waals surface area contributed by atoms with E-state index in [4.69, 9.17) is 27.6 Å². The highest BCUT2D eigenvalue weighted by molar-refractivity contribution is 9.10. The van der Waals surface area contributed by atoms with Crippen LogP contribution in [-0.4, -0.2) is 10.9 Å². The molecule has 0 unspecified atom stereocenters. The van der Waals surface area contributed by atoms with Crippen molar-refractivity contribution < 1.29 is 9.21 Å². The van der Waals surface area contributed by atoms with Crippen LogP contribution >= 0.6 is 39.1 Å². The third-order valence-corrected chi connectivity index (χ3v) is 4.47. The lowest BCUT2D eigenvalue weighted by Crippen LogP contribution is -2.12. The van der Waals surface area contributed by atoms with Crippen LogP contribution in [0, 0.1) is 0 Å². The van der Waals surface area contributed by atoms with Gasteiger partial charge in [0, 0.05) is 27.9 Å². The lowest BCUT2D eigenvalue weighted by molar-refractivity contribution is -0.116. The maximum absolute atomic E-state index is 12.1. The molecule has 0 bridgehead atoms. The van der Waals surface area contributed by atoms with E-state index in [1.807, 2.05) is 24.3 Å². The molecule has 0 aliphatic carbocycles. The normalized spacial score (nSPS) is 10.7. The van der Waals surface area contributed by atoms with Gasteiger partial charge in [0.25, 0.3) is 0 Å². The van der Waals surface area contributed by atoms with Gasteiger partial charge >= 0.3 is 0 Å². The molecule has 0 radical (unpaired) electrons. The molecule has 0 aliphatic rings. The molecule has 3 rings (SSSR count). The number of nitrogens with zero attached hydrogens (tertiary/aromatic N) is 1. The summed E-state index contributed by atoms with van der Waals surface area (Å²) in [5, 5.41) is 3.66. The SMILES string of the molecule is O=C(CCc1ncc(-c2cccc(Br)c2)o1)Nc1ccc(Cl)cc1Cl. The number of nitrogens with one attached hydrogen (secondary N) is 1. The number of rotatable bonds is 5. The highest BCUT2D eigenvalue weighted by Gasteiger charge is 2.11. The summed E-state index contributed by atoms with van der Waals surface area (Å²) in [5.41, 5.74) is 1.45. The second-order valence-corrected chi connectivity index (χ2v) is 7.06. The van der Waals surface area contributed by atoms with Gasteiger partial charge in [0.1, 0.15) is 0 Å². The number of aryl methyl sites for hydroxylation is 1. The number of halogens is 3. The Hall–Kier alpha value is -1.82. The molecular formula is C18H13BrCl2N2O2. The fraction of sp³-hybridized carbons (Fsp3) is 0.111. The number of oxazole rings is 1. The van der Waals surface area contributed by atoms with E-state index in [0.29, 0.717) is 33.8 Å². The van der Waals surface area contributed by atoms with Crippen molar-refractivity contribution in [3.63, 3.8) is 0 Å². The maximum Gasteiger partial charge on any atom is 0.224 e. The first kappa shape index (κ1) is 18.0. The molecular weight excluding hydrogens is 427 g/mol. The summed E-state index contributed by atoms with van der Waals surface area (Å²) in [5.74, 6) is 0.996. The summed E-state index contributed by atoms with van der Waals surface area (Å²) in [6.07, 6.45) is 2.29. The summed E-state index contributed by atoms with van der Waals surface area (Å²) >= 11 is 15.3. The molecule has 2 aromatic carbocycles. The molecule has 0 saturated carbocycles. The van der Waals surface area contributed by atoms with E-state index in [1.54, 1.807) is 24.4 Å². The smallest absolute Gasteiger partial charge is 0.224 e. The van der Waals surface area contributed by atoms with Crippen molar-refractivity contribution in [2.24, 2.45) is 0 Å². The van der Waals surface area contributed by atoms with Crippen LogP contribution in [0.2, 0.25) is 10.0 Å². The van der Waals surface area contributed by atoms with Gasteiger partial charge < -0.3 is 9.73 Å². The van der Waals surface area contributed by atoms with Crippen LogP contribution in [0.5, 0.6) is 0 Å². The van der Waals surface area contributed by atoms with Crippen LogP contribution in [0.25, 0.3) is 11.3 Å². The van der Waals surface area contributed by atoms with Crippen LogP contribution in [0.3, 0.4) is 0 Å². The van der Waals surface area contributed by atoms with E-state index in [-0.39, 0.29) is 12.3 Å². The number of aromatic nitrogens is 1. The maximum atomic E-state index is 12.1. The Labute approximate surface area is 163 Å². The molecule has 0 saturated heterocycles. The number of carbonyl (C=O) groups is 1. The van der Waals surface area contributed by atoms with E-state index in [0.717, 1.165) is 10.0 Å². The van der Waals surface area contributed by atoms with Crippen molar-refractivity contribution in [2.75, 3.05) is 5.32 Å². The molecule has 3 aromatic rings. The van der Waals surface area contributed by atoms with Crippen molar-refractivity contribution in [1.82, 2.24) is 4.98 Å². The summed E-state index contributed by atoms with van der Waals surface area (Å²) < 4.78 is 6.67. The van der Waals surface area contributed by atoms with Crippen molar-refractivity contribution in [1.29, 1.82) is 0 Å². The monoisotopic (exact) mass is 438 g/mol. The lowest BCUT2D eigenvalue weighted by atomic mass is 10.2. The van der Waals surface area contributed by atoms with Crippen molar-refractivity contribution in [3.8, 4) is 11.3 Å². The van der Waals surface area contributed by atoms with Crippen LogP contribution in [0.15, 0.2) is 57.6 Å². The number of carbonyl (C=O) groups excluding carboxylic acids is 1. The van der Waals surface area contributed by atoms with Gasteiger partial charge in [-0.15, -0.1) is 0 Å². The largest absolute Gasteiger partial charge is 0.441 e. The predicted octanol–water partition coefficient (Wildman–Crippen LogP) is 5.98. The van der Waals surface area contributed by atoms with E-state index in [1.165, 1.54) is 0 Å². The van der Waals surface area contributed by atoms with Gasteiger partial charge in [-0.2, -0.15) is 0 Å². The standard InChI is InChI=1S/C18H13BrCl2N2O2/c19-12-3-1-2-11(8-12)16-10-22-18(25-16)7-6-17(24)23-15-5-4-13(20)9-14(15)21/h1-5,8-10H,6-7H2,(H,23,24). The van der Waals surface area contributed by atoms with Gasteiger partial charge in [-0.3, -0.25) is 4.79 Å². The van der Waals surface area contributed by atoms with Gasteiger partial charge in [0.15, 0.2) is 11.7 Å². The van der Waals surface area contributed by atoms with Gasteiger partial charge in [0.05, 0.1) is 16.9 Å². The molecule has 1 amide bonds. The van der Waals surface area contributed by atoms with Crippen LogP contribution < -0.4 is 5.32 Å². The molecule has 4 nitrogen and oxygen atoms in total. The molecule has 7 heteroatoms. The molecule has 1 aromatic heterocycles. The molecule has 25 heavy (non-hydrogen) atoms. The highest BCUT2D eigenvalue weighted by Crippen LogP contribution is 2.26. The number of benzene rings is 2. The Bertz CT molecular complexity index is 912. The Morgan fingerprint density at radius 3 is 2.80 bits per heavy atom. The molecule has 1 heterocycles. The van der Waals surface area contributed by atoms with E-state index in [9.17, 15) is 4.79 Å². The zero-order valence-corrected chi connectivity index (χ0v) is 16.0. The summed E-state index contributed by atoms with van der Waals surface area (Å²) in [6.45, 7) is 0. The number of anilines is 1. The van der Waals surface area contributed by atoms with E-state index in [2.05, 4.69) is 26.2 Å². The van der Waals surface area contributed by atoms with Gasteiger partial charge in [-0.25, -0.2) is 4.98 Å². The van der Waals surface area contributed by atoms with Gasteiger partial charge in [-0.05, 0) is 30.3 Å². The number of hydrogen-bond acceptors (Lipinski definition) is 3. The molecule has 0 spiro atoms. The summed E-state index contributed by atoms with van der Waals surface area (Å²) in [7, 11) is 0. The first-order valence-corrected chi connectivity index (χ1v) is 9.02. The first-order valence-electron chi connectivity index (χ1n) is 7.47. The van der Waals surface area contributed by atoms with Gasteiger partial charge in [-0.1, -0.05) is 51.3 Å². The highest BCUT2D eigenvalue weighted by atomic mass is 79.9. The zero-order chi connectivity index (χ0) is 17.8. The van der Waals surface area contributed by atoms with Crippen LogP contribution in [0.1, 0.15) is 12.3 Å². The average molecular weight is 440 g/mol. The molecule has 1 N–H and O–H groups in total. The third-order valence-electron chi connectivity index (χ3n) is 3.43. The second kappa shape index (κ2) is 8.04.